The fourth-order valence-corrected chi connectivity index (χ4v) is 5.93. The minimum atomic E-state index is -0.288. The van der Waals surface area contributed by atoms with Crippen LogP contribution in [-0.2, 0) is 9.59 Å². The molecule has 5 heteroatoms. The maximum absolute atomic E-state index is 13.3. The Kier molecular flexibility index (Phi) is 4.14. The van der Waals surface area contributed by atoms with Crippen LogP contribution in [0.4, 0.5) is 5.69 Å². The van der Waals surface area contributed by atoms with E-state index in [1.165, 1.54) is 4.90 Å². The van der Waals surface area contributed by atoms with Gasteiger partial charge < -0.3 is 0 Å². The standard InChI is InChI=1S/C22H20N2O2S/c25-21-19-17(12-11-15-7-3-1-4-8-15)23-14-27-13-18(23)20(19)22(26)24(21)16-9-5-2-6-10-16/h1-12,17-20H,13-14H2/b12-11+/t17-,18+,19+,20+/m0/s1. The summed E-state index contributed by atoms with van der Waals surface area (Å²) in [7, 11) is 0. The van der Waals surface area contributed by atoms with E-state index >= 15 is 0 Å². The van der Waals surface area contributed by atoms with Crippen molar-refractivity contribution in [2.45, 2.75) is 12.1 Å². The van der Waals surface area contributed by atoms with Crippen LogP contribution in [0.25, 0.3) is 6.08 Å². The Hall–Kier alpha value is -2.37. The van der Waals surface area contributed by atoms with E-state index in [0.717, 1.165) is 17.2 Å². The molecule has 2 aromatic rings. The largest absolute Gasteiger partial charge is 0.282 e. The van der Waals surface area contributed by atoms with Crippen LogP contribution < -0.4 is 4.90 Å². The highest BCUT2D eigenvalue weighted by molar-refractivity contribution is 7.99. The van der Waals surface area contributed by atoms with Crippen molar-refractivity contribution in [2.24, 2.45) is 11.8 Å². The van der Waals surface area contributed by atoms with E-state index in [1.807, 2.05) is 60.3 Å². The van der Waals surface area contributed by atoms with Crippen molar-refractivity contribution in [3.8, 4) is 0 Å². The molecule has 0 aliphatic carbocycles. The molecule has 0 bridgehead atoms. The maximum Gasteiger partial charge on any atom is 0.239 e. The lowest BCUT2D eigenvalue weighted by atomic mass is 9.89. The van der Waals surface area contributed by atoms with E-state index in [0.29, 0.717) is 5.69 Å². The number of nitrogens with zero attached hydrogens (tertiary/aromatic N) is 2. The number of hydrogen-bond acceptors (Lipinski definition) is 4. The molecule has 0 aromatic heterocycles. The number of anilines is 1. The molecule has 0 spiro atoms. The summed E-state index contributed by atoms with van der Waals surface area (Å²) in [5, 5.41) is 0. The SMILES string of the molecule is O=C1[C@H]2[C@H](C(=O)N1c1ccccc1)[C@H](/C=C/c1ccccc1)N1CSC[C@H]21. The van der Waals surface area contributed by atoms with Gasteiger partial charge >= 0.3 is 0 Å². The van der Waals surface area contributed by atoms with Gasteiger partial charge in [-0.05, 0) is 17.7 Å². The van der Waals surface area contributed by atoms with Crippen LogP contribution in [0.3, 0.4) is 0 Å². The average Bonchev–Trinajstić information content (AvgIpc) is 3.34. The fraction of sp³-hybridized carbons (Fsp3) is 0.273. The number of benzene rings is 2. The molecule has 4 nitrogen and oxygen atoms in total. The van der Waals surface area contributed by atoms with Crippen LogP contribution in [0.1, 0.15) is 5.56 Å². The van der Waals surface area contributed by atoms with E-state index in [9.17, 15) is 9.59 Å². The van der Waals surface area contributed by atoms with Gasteiger partial charge in [-0.15, -0.1) is 11.8 Å². The van der Waals surface area contributed by atoms with Crippen molar-refractivity contribution < 1.29 is 9.59 Å². The molecule has 0 N–H and O–H groups in total. The topological polar surface area (TPSA) is 40.6 Å². The highest BCUT2D eigenvalue weighted by Gasteiger charge is 2.62. The third-order valence-electron chi connectivity index (χ3n) is 5.82. The Morgan fingerprint density at radius 3 is 2.30 bits per heavy atom. The van der Waals surface area contributed by atoms with Crippen LogP contribution >= 0.6 is 11.8 Å². The average molecular weight is 376 g/mol. The Morgan fingerprint density at radius 2 is 1.56 bits per heavy atom. The van der Waals surface area contributed by atoms with Crippen molar-refractivity contribution in [2.75, 3.05) is 16.5 Å². The highest BCUT2D eigenvalue weighted by atomic mass is 32.2. The first-order valence-corrected chi connectivity index (χ1v) is 10.4. The monoisotopic (exact) mass is 376 g/mol. The van der Waals surface area contributed by atoms with Crippen LogP contribution in [0.2, 0.25) is 0 Å². The molecule has 3 fully saturated rings. The van der Waals surface area contributed by atoms with Gasteiger partial charge in [-0.1, -0.05) is 60.7 Å². The first-order valence-electron chi connectivity index (χ1n) is 9.25. The molecule has 136 valence electrons. The minimum Gasteiger partial charge on any atom is -0.282 e. The second kappa shape index (κ2) is 6.66. The molecule has 3 aliphatic rings. The number of carbonyl (C=O) groups excluding carboxylic acids is 2. The fourth-order valence-electron chi connectivity index (χ4n) is 4.61. The smallest absolute Gasteiger partial charge is 0.239 e. The first kappa shape index (κ1) is 16.8. The Balaban J connectivity index is 1.51. The molecule has 2 aromatic carbocycles. The Bertz CT molecular complexity index is 899. The molecular weight excluding hydrogens is 356 g/mol. The van der Waals surface area contributed by atoms with Crippen LogP contribution in [0.5, 0.6) is 0 Å². The molecule has 0 radical (unpaired) electrons. The van der Waals surface area contributed by atoms with Gasteiger partial charge in [0.1, 0.15) is 0 Å². The van der Waals surface area contributed by atoms with Gasteiger partial charge in [0.05, 0.1) is 17.5 Å². The third-order valence-corrected chi connectivity index (χ3v) is 6.88. The lowest BCUT2D eigenvalue weighted by molar-refractivity contribution is -0.123. The number of amides is 2. The molecule has 0 saturated carbocycles. The predicted octanol–water partition coefficient (Wildman–Crippen LogP) is 3.26. The zero-order chi connectivity index (χ0) is 18.4. The maximum atomic E-state index is 13.3. The molecule has 2 amide bonds. The normalized spacial score (nSPS) is 30.3. The molecule has 3 aliphatic heterocycles. The van der Waals surface area contributed by atoms with Gasteiger partial charge in [0.25, 0.3) is 0 Å². The molecule has 0 unspecified atom stereocenters. The van der Waals surface area contributed by atoms with Crippen molar-refractivity contribution in [1.29, 1.82) is 0 Å². The summed E-state index contributed by atoms with van der Waals surface area (Å²) in [4.78, 5) is 30.3. The highest BCUT2D eigenvalue weighted by Crippen LogP contribution is 2.48. The summed E-state index contributed by atoms with van der Waals surface area (Å²) in [5.41, 5.74) is 1.80. The summed E-state index contributed by atoms with van der Waals surface area (Å²) < 4.78 is 0. The minimum absolute atomic E-state index is 0.0274. The molecule has 27 heavy (non-hydrogen) atoms. The van der Waals surface area contributed by atoms with E-state index in [-0.39, 0.29) is 35.7 Å². The van der Waals surface area contributed by atoms with E-state index < -0.39 is 0 Å². The van der Waals surface area contributed by atoms with Gasteiger partial charge in [0, 0.05) is 23.7 Å². The molecule has 4 atom stereocenters. The number of rotatable bonds is 3. The van der Waals surface area contributed by atoms with Gasteiger partial charge in [-0.25, -0.2) is 4.90 Å². The number of para-hydroxylation sites is 1. The van der Waals surface area contributed by atoms with Gasteiger partial charge in [-0.2, -0.15) is 0 Å². The number of imide groups is 1. The number of hydrogen-bond donors (Lipinski definition) is 0. The zero-order valence-electron chi connectivity index (χ0n) is 14.8. The van der Waals surface area contributed by atoms with Gasteiger partial charge in [0.15, 0.2) is 0 Å². The van der Waals surface area contributed by atoms with Crippen LogP contribution in [0, 0.1) is 11.8 Å². The Morgan fingerprint density at radius 1 is 0.889 bits per heavy atom. The lowest BCUT2D eigenvalue weighted by Crippen LogP contribution is -2.42. The number of fused-ring (bicyclic) bond motifs is 3. The van der Waals surface area contributed by atoms with Crippen molar-refractivity contribution in [3.05, 3.63) is 72.3 Å². The van der Waals surface area contributed by atoms with Crippen LogP contribution in [0.15, 0.2) is 66.7 Å². The molecule has 5 rings (SSSR count). The number of thioether (sulfide) groups is 1. The van der Waals surface area contributed by atoms with Crippen molar-refractivity contribution in [1.82, 2.24) is 4.90 Å². The second-order valence-electron chi connectivity index (χ2n) is 7.24. The quantitative estimate of drug-likeness (QED) is 0.771. The van der Waals surface area contributed by atoms with E-state index in [1.54, 1.807) is 0 Å². The predicted molar refractivity (Wildman–Crippen MR) is 108 cm³/mol. The second-order valence-corrected chi connectivity index (χ2v) is 8.24. The van der Waals surface area contributed by atoms with Crippen molar-refractivity contribution >= 4 is 35.3 Å². The van der Waals surface area contributed by atoms with Gasteiger partial charge in [0.2, 0.25) is 11.8 Å². The first-order chi connectivity index (χ1) is 13.3. The molecular formula is C22H20N2O2S. The summed E-state index contributed by atoms with van der Waals surface area (Å²) in [6.07, 6.45) is 4.20. The molecule has 3 heterocycles. The summed E-state index contributed by atoms with van der Waals surface area (Å²) in [6, 6.07) is 19.6. The van der Waals surface area contributed by atoms with E-state index in [2.05, 4.69) is 29.2 Å². The summed E-state index contributed by atoms with van der Waals surface area (Å²) in [5.74, 6) is 1.18. The van der Waals surface area contributed by atoms with E-state index in [4.69, 9.17) is 0 Å². The van der Waals surface area contributed by atoms with Gasteiger partial charge in [-0.3, -0.25) is 14.5 Å². The lowest BCUT2D eigenvalue weighted by Gasteiger charge is -2.25. The summed E-state index contributed by atoms with van der Waals surface area (Å²) in [6.45, 7) is 0. The third kappa shape index (κ3) is 2.65. The zero-order valence-corrected chi connectivity index (χ0v) is 15.6. The van der Waals surface area contributed by atoms with Crippen LogP contribution in [-0.4, -0.2) is 40.4 Å². The number of carbonyl (C=O) groups is 2. The van der Waals surface area contributed by atoms with Crippen molar-refractivity contribution in [3.63, 3.8) is 0 Å². The summed E-state index contributed by atoms with van der Waals surface area (Å²) >= 11 is 1.85. The molecule has 3 saturated heterocycles. The Labute approximate surface area is 162 Å².